The first-order valence-corrected chi connectivity index (χ1v) is 7.66. The number of rotatable bonds is 6. The van der Waals surface area contributed by atoms with Crippen molar-refractivity contribution in [3.63, 3.8) is 0 Å². The molecule has 2 rings (SSSR count). The Hall–Kier alpha value is -3.32. The number of carboxylic acid groups (broad SMARTS) is 2. The Balaban J connectivity index is 2.80. The van der Waals surface area contributed by atoms with Gasteiger partial charge in [-0.25, -0.2) is 43.9 Å². The van der Waals surface area contributed by atoms with Crippen LogP contribution in [0.5, 0.6) is 0 Å². The van der Waals surface area contributed by atoms with Crippen molar-refractivity contribution in [2.75, 3.05) is 0 Å². The predicted molar refractivity (Wildman–Crippen MR) is 77.6 cm³/mol. The Kier molecular flexibility index (Phi) is 6.24. The topological polar surface area (TPSA) is 74.6 Å². The summed E-state index contributed by atoms with van der Waals surface area (Å²) >= 11 is 0. The van der Waals surface area contributed by atoms with E-state index in [9.17, 15) is 63.7 Å². The minimum Gasteiger partial charge on any atom is -0.480 e. The number of carbonyl (C=O) groups is 2. The molecular weight excluding hydrogens is 458 g/mol. The lowest BCUT2D eigenvalue weighted by Gasteiger charge is -2.26. The second kappa shape index (κ2) is 8.07. The van der Waals surface area contributed by atoms with E-state index in [1.807, 2.05) is 0 Å². The van der Waals surface area contributed by atoms with Gasteiger partial charge in [0, 0.05) is 24.0 Å². The first kappa shape index (κ1) is 24.0. The van der Waals surface area contributed by atoms with Gasteiger partial charge in [-0.1, -0.05) is 0 Å². The monoisotopic (exact) mass is 464 g/mol. The molecule has 0 unspecified atom stereocenters. The molecule has 2 aromatic rings. The number of halogens is 10. The molecule has 0 aliphatic carbocycles. The zero-order valence-electron chi connectivity index (χ0n) is 14.4. The van der Waals surface area contributed by atoms with E-state index in [-0.39, 0.29) is 0 Å². The van der Waals surface area contributed by atoms with Gasteiger partial charge >= 0.3 is 11.9 Å². The molecule has 0 spiro atoms. The van der Waals surface area contributed by atoms with Crippen LogP contribution in [0.2, 0.25) is 0 Å². The fourth-order valence-corrected chi connectivity index (χ4v) is 2.67. The molecule has 0 aromatic heterocycles. The summed E-state index contributed by atoms with van der Waals surface area (Å²) in [7, 11) is 0. The van der Waals surface area contributed by atoms with E-state index in [1.165, 1.54) is 0 Å². The SMILES string of the molecule is O=C(O)C(Cc1c(F)c(F)c(F)c(F)c1F)(Cc1c(F)c(F)c(F)c(F)c1F)C(=O)O. The molecule has 0 atom stereocenters. The molecule has 0 saturated carbocycles. The van der Waals surface area contributed by atoms with Gasteiger partial charge in [-0.05, 0) is 0 Å². The summed E-state index contributed by atoms with van der Waals surface area (Å²) in [4.78, 5) is 23.2. The van der Waals surface area contributed by atoms with Crippen LogP contribution < -0.4 is 0 Å². The van der Waals surface area contributed by atoms with E-state index in [2.05, 4.69) is 0 Å². The van der Waals surface area contributed by atoms with Gasteiger partial charge in [0.1, 0.15) is 0 Å². The molecule has 31 heavy (non-hydrogen) atoms. The first-order chi connectivity index (χ1) is 14.2. The molecular formula is C17H6F10O4. The summed E-state index contributed by atoms with van der Waals surface area (Å²) in [6.45, 7) is 0. The Morgan fingerprint density at radius 1 is 0.484 bits per heavy atom. The van der Waals surface area contributed by atoms with Crippen LogP contribution in [0, 0.1) is 63.6 Å². The van der Waals surface area contributed by atoms with Crippen LogP contribution in [-0.2, 0) is 22.4 Å². The zero-order chi connectivity index (χ0) is 24.0. The van der Waals surface area contributed by atoms with Crippen molar-refractivity contribution in [1.82, 2.24) is 0 Å². The fraction of sp³-hybridized carbons (Fsp3) is 0.176. The maximum absolute atomic E-state index is 13.9. The van der Waals surface area contributed by atoms with E-state index < -0.39 is 99.5 Å². The maximum Gasteiger partial charge on any atom is 0.321 e. The van der Waals surface area contributed by atoms with E-state index >= 15 is 0 Å². The van der Waals surface area contributed by atoms with Crippen LogP contribution in [0.4, 0.5) is 43.9 Å². The van der Waals surface area contributed by atoms with Crippen molar-refractivity contribution >= 4 is 11.9 Å². The molecule has 2 aromatic carbocycles. The Morgan fingerprint density at radius 2 is 0.677 bits per heavy atom. The molecule has 0 radical (unpaired) electrons. The zero-order valence-corrected chi connectivity index (χ0v) is 14.4. The summed E-state index contributed by atoms with van der Waals surface area (Å²) in [6, 6.07) is 0. The average Bonchev–Trinajstić information content (AvgIpc) is 2.72. The lowest BCUT2D eigenvalue weighted by molar-refractivity contribution is -0.164. The second-order valence-electron chi connectivity index (χ2n) is 6.14. The molecule has 0 saturated heterocycles. The Bertz CT molecular complexity index is 970. The third kappa shape index (κ3) is 3.65. The Morgan fingerprint density at radius 3 is 0.871 bits per heavy atom. The van der Waals surface area contributed by atoms with Crippen molar-refractivity contribution in [2.24, 2.45) is 5.41 Å². The highest BCUT2D eigenvalue weighted by molar-refractivity contribution is 5.99. The Labute approximate surface area is 164 Å². The largest absolute Gasteiger partial charge is 0.480 e. The van der Waals surface area contributed by atoms with Gasteiger partial charge in [0.2, 0.25) is 11.6 Å². The van der Waals surface area contributed by atoms with Gasteiger partial charge < -0.3 is 10.2 Å². The minimum atomic E-state index is -3.81. The summed E-state index contributed by atoms with van der Waals surface area (Å²) in [5.41, 5.74) is -7.80. The van der Waals surface area contributed by atoms with Gasteiger partial charge in [0.15, 0.2) is 52.0 Å². The van der Waals surface area contributed by atoms with Gasteiger partial charge in [0.05, 0.1) is 0 Å². The molecule has 0 aliphatic rings. The van der Waals surface area contributed by atoms with Crippen molar-refractivity contribution in [2.45, 2.75) is 12.8 Å². The number of hydrogen-bond donors (Lipinski definition) is 2. The summed E-state index contributed by atoms with van der Waals surface area (Å²) in [5.74, 6) is -31.6. The van der Waals surface area contributed by atoms with Crippen molar-refractivity contribution in [3.8, 4) is 0 Å². The molecule has 0 amide bonds. The van der Waals surface area contributed by atoms with Crippen LogP contribution >= 0.6 is 0 Å². The van der Waals surface area contributed by atoms with Crippen molar-refractivity contribution < 1.29 is 63.7 Å². The third-order valence-corrected chi connectivity index (χ3v) is 4.38. The molecule has 168 valence electrons. The van der Waals surface area contributed by atoms with Crippen molar-refractivity contribution in [1.29, 1.82) is 0 Å². The predicted octanol–water partition coefficient (Wildman–Crippen LogP) is 4.02. The highest BCUT2D eigenvalue weighted by Gasteiger charge is 2.50. The molecule has 0 heterocycles. The van der Waals surface area contributed by atoms with E-state index in [0.29, 0.717) is 0 Å². The van der Waals surface area contributed by atoms with Crippen LogP contribution in [-0.4, -0.2) is 22.2 Å². The highest BCUT2D eigenvalue weighted by atomic mass is 19.2. The van der Waals surface area contributed by atoms with Crippen LogP contribution in [0.3, 0.4) is 0 Å². The van der Waals surface area contributed by atoms with Gasteiger partial charge in [-0.2, -0.15) is 0 Å². The molecule has 0 fully saturated rings. The van der Waals surface area contributed by atoms with Gasteiger partial charge in [0.25, 0.3) is 0 Å². The molecule has 14 heteroatoms. The number of carboxylic acids is 2. The van der Waals surface area contributed by atoms with Crippen LogP contribution in [0.1, 0.15) is 11.1 Å². The number of aliphatic carboxylic acids is 2. The van der Waals surface area contributed by atoms with Crippen LogP contribution in [0.15, 0.2) is 0 Å². The van der Waals surface area contributed by atoms with Crippen LogP contribution in [0.25, 0.3) is 0 Å². The first-order valence-electron chi connectivity index (χ1n) is 7.66. The third-order valence-electron chi connectivity index (χ3n) is 4.38. The van der Waals surface area contributed by atoms with Gasteiger partial charge in [-0.15, -0.1) is 0 Å². The lowest BCUT2D eigenvalue weighted by atomic mass is 9.76. The number of hydrogen-bond acceptors (Lipinski definition) is 2. The average molecular weight is 464 g/mol. The summed E-state index contributed by atoms with van der Waals surface area (Å²) in [6.07, 6.45) is -4.22. The minimum absolute atomic E-state index is 2.00. The number of benzene rings is 2. The smallest absolute Gasteiger partial charge is 0.321 e. The van der Waals surface area contributed by atoms with E-state index in [0.717, 1.165) is 0 Å². The fourth-order valence-electron chi connectivity index (χ4n) is 2.67. The highest BCUT2D eigenvalue weighted by Crippen LogP contribution is 2.36. The van der Waals surface area contributed by atoms with Gasteiger partial charge in [-0.3, -0.25) is 9.59 Å². The standard InChI is InChI=1S/C17H6F10O4/c18-5-3(6(19)10(23)13(26)9(5)22)1-17(15(28)29,16(30)31)2-4-7(20)11(24)14(27)12(25)8(4)21/h1-2H2,(H,28,29)(H,30,31). The van der Waals surface area contributed by atoms with Crippen molar-refractivity contribution in [3.05, 3.63) is 69.3 Å². The molecule has 0 bridgehead atoms. The quantitative estimate of drug-likeness (QED) is 0.293. The molecule has 0 aliphatic heterocycles. The summed E-state index contributed by atoms with van der Waals surface area (Å²) in [5, 5.41) is 18.5. The second-order valence-corrected chi connectivity index (χ2v) is 6.14. The maximum atomic E-state index is 13.9. The molecule has 4 nitrogen and oxygen atoms in total. The van der Waals surface area contributed by atoms with E-state index in [4.69, 9.17) is 0 Å². The van der Waals surface area contributed by atoms with E-state index in [1.54, 1.807) is 0 Å². The lowest BCUT2D eigenvalue weighted by Crippen LogP contribution is -2.44. The molecule has 2 N–H and O–H groups in total. The summed E-state index contributed by atoms with van der Waals surface area (Å²) < 4.78 is 135. The normalized spacial score (nSPS) is 11.7.